The molecule has 17 heavy (non-hydrogen) atoms. The quantitative estimate of drug-likeness (QED) is 0.818. The molecule has 0 bridgehead atoms. The first-order chi connectivity index (χ1) is 8.26. The summed E-state index contributed by atoms with van der Waals surface area (Å²) >= 11 is 0. The molecule has 5 nitrogen and oxygen atoms in total. The summed E-state index contributed by atoms with van der Waals surface area (Å²) in [4.78, 5) is 10.8. The minimum Gasteiger partial charge on any atom is -0.391 e. The van der Waals surface area contributed by atoms with Crippen LogP contribution in [0.3, 0.4) is 0 Å². The van der Waals surface area contributed by atoms with Crippen molar-refractivity contribution in [1.29, 1.82) is 0 Å². The van der Waals surface area contributed by atoms with Crippen LogP contribution in [0.1, 0.15) is 25.3 Å². The largest absolute Gasteiger partial charge is 0.391 e. The SMILES string of the molecule is CCCc1c(NC)ncnc1N1CCC(O)C1. The lowest BCUT2D eigenvalue weighted by molar-refractivity contribution is 0.198. The van der Waals surface area contributed by atoms with Crippen LogP contribution in [0.15, 0.2) is 6.33 Å². The second-order valence-electron chi connectivity index (χ2n) is 4.41. The molecule has 0 spiro atoms. The molecular weight excluding hydrogens is 216 g/mol. The van der Waals surface area contributed by atoms with Gasteiger partial charge in [0.1, 0.15) is 18.0 Å². The molecule has 0 amide bonds. The van der Waals surface area contributed by atoms with E-state index >= 15 is 0 Å². The van der Waals surface area contributed by atoms with Crippen molar-refractivity contribution in [2.45, 2.75) is 32.3 Å². The standard InChI is InChI=1S/C12H20N4O/c1-3-4-10-11(13-2)14-8-15-12(10)16-6-5-9(17)7-16/h8-9,17H,3-7H2,1-2H3,(H,13,14,15). The maximum absolute atomic E-state index is 9.61. The Morgan fingerprint density at radius 3 is 2.94 bits per heavy atom. The van der Waals surface area contributed by atoms with E-state index in [9.17, 15) is 5.11 Å². The van der Waals surface area contributed by atoms with Crippen molar-refractivity contribution in [3.63, 3.8) is 0 Å². The third-order valence-corrected chi connectivity index (χ3v) is 3.12. The fourth-order valence-corrected chi connectivity index (χ4v) is 2.31. The molecule has 94 valence electrons. The number of β-amino-alcohol motifs (C(OH)–C–C–N with tert-alkyl or cyclic N) is 1. The molecule has 2 heterocycles. The predicted molar refractivity (Wildman–Crippen MR) is 68.4 cm³/mol. The number of aliphatic hydroxyl groups is 1. The van der Waals surface area contributed by atoms with Gasteiger partial charge in [-0.25, -0.2) is 9.97 Å². The van der Waals surface area contributed by atoms with Crippen molar-refractivity contribution in [1.82, 2.24) is 9.97 Å². The van der Waals surface area contributed by atoms with Crippen molar-refractivity contribution in [2.75, 3.05) is 30.4 Å². The van der Waals surface area contributed by atoms with Crippen LogP contribution in [0, 0.1) is 0 Å². The van der Waals surface area contributed by atoms with Gasteiger partial charge in [-0.05, 0) is 12.8 Å². The number of nitrogens with one attached hydrogen (secondary N) is 1. The summed E-state index contributed by atoms with van der Waals surface area (Å²) in [5, 5.41) is 12.7. The lowest BCUT2D eigenvalue weighted by Gasteiger charge is -2.21. The van der Waals surface area contributed by atoms with Crippen molar-refractivity contribution < 1.29 is 5.11 Å². The molecule has 1 aromatic heterocycles. The van der Waals surface area contributed by atoms with Crippen LogP contribution in [0.25, 0.3) is 0 Å². The zero-order valence-electron chi connectivity index (χ0n) is 10.5. The first-order valence-electron chi connectivity index (χ1n) is 6.21. The number of hydrogen-bond donors (Lipinski definition) is 2. The Balaban J connectivity index is 2.31. The summed E-state index contributed by atoms with van der Waals surface area (Å²) in [5.74, 6) is 1.88. The van der Waals surface area contributed by atoms with E-state index in [0.717, 1.165) is 43.0 Å². The Kier molecular flexibility index (Phi) is 3.78. The average molecular weight is 236 g/mol. The van der Waals surface area contributed by atoms with E-state index in [2.05, 4.69) is 27.1 Å². The number of aliphatic hydroxyl groups excluding tert-OH is 1. The van der Waals surface area contributed by atoms with Crippen molar-refractivity contribution in [3.05, 3.63) is 11.9 Å². The highest BCUT2D eigenvalue weighted by Gasteiger charge is 2.24. The van der Waals surface area contributed by atoms with Crippen LogP contribution in [-0.2, 0) is 6.42 Å². The molecule has 0 saturated carbocycles. The maximum Gasteiger partial charge on any atom is 0.137 e. The first-order valence-corrected chi connectivity index (χ1v) is 6.21. The third-order valence-electron chi connectivity index (χ3n) is 3.12. The van der Waals surface area contributed by atoms with Gasteiger partial charge in [0.25, 0.3) is 0 Å². The number of nitrogens with zero attached hydrogens (tertiary/aromatic N) is 3. The van der Waals surface area contributed by atoms with Gasteiger partial charge < -0.3 is 15.3 Å². The molecule has 0 radical (unpaired) electrons. The van der Waals surface area contributed by atoms with E-state index in [1.165, 1.54) is 0 Å². The fourth-order valence-electron chi connectivity index (χ4n) is 2.31. The maximum atomic E-state index is 9.61. The monoisotopic (exact) mass is 236 g/mol. The number of aromatic nitrogens is 2. The minimum atomic E-state index is -0.225. The number of anilines is 2. The van der Waals surface area contributed by atoms with Gasteiger partial charge in [-0.2, -0.15) is 0 Å². The molecule has 0 aliphatic carbocycles. The Labute approximate surface area is 102 Å². The smallest absolute Gasteiger partial charge is 0.137 e. The molecular formula is C12H20N4O. The second kappa shape index (κ2) is 5.31. The highest BCUT2D eigenvalue weighted by Crippen LogP contribution is 2.27. The second-order valence-corrected chi connectivity index (χ2v) is 4.41. The lowest BCUT2D eigenvalue weighted by atomic mass is 10.1. The van der Waals surface area contributed by atoms with Gasteiger partial charge in [0, 0.05) is 25.7 Å². The molecule has 2 N–H and O–H groups in total. The Morgan fingerprint density at radius 2 is 2.35 bits per heavy atom. The van der Waals surface area contributed by atoms with E-state index in [1.807, 2.05) is 7.05 Å². The van der Waals surface area contributed by atoms with Gasteiger partial charge >= 0.3 is 0 Å². The topological polar surface area (TPSA) is 61.3 Å². The number of hydrogen-bond acceptors (Lipinski definition) is 5. The zero-order valence-corrected chi connectivity index (χ0v) is 10.5. The molecule has 1 aliphatic heterocycles. The molecule has 1 unspecified atom stereocenters. The summed E-state index contributed by atoms with van der Waals surface area (Å²) in [6.45, 7) is 3.70. The Bertz CT molecular complexity index is 383. The van der Waals surface area contributed by atoms with E-state index in [-0.39, 0.29) is 6.10 Å². The summed E-state index contributed by atoms with van der Waals surface area (Å²) in [6.07, 6.45) is 4.21. The van der Waals surface area contributed by atoms with Gasteiger partial charge in [0.05, 0.1) is 6.10 Å². The molecule has 1 atom stereocenters. The first kappa shape index (κ1) is 12.1. The van der Waals surface area contributed by atoms with Gasteiger partial charge in [-0.1, -0.05) is 13.3 Å². The van der Waals surface area contributed by atoms with Crippen molar-refractivity contribution in [2.24, 2.45) is 0 Å². The summed E-state index contributed by atoms with van der Waals surface area (Å²) in [6, 6.07) is 0. The summed E-state index contributed by atoms with van der Waals surface area (Å²) in [5.41, 5.74) is 1.16. The van der Waals surface area contributed by atoms with Gasteiger partial charge in [-0.15, -0.1) is 0 Å². The van der Waals surface area contributed by atoms with Gasteiger partial charge in [0.2, 0.25) is 0 Å². The highest BCUT2D eigenvalue weighted by molar-refractivity contribution is 5.59. The third kappa shape index (κ3) is 2.49. The van der Waals surface area contributed by atoms with E-state index in [0.29, 0.717) is 6.54 Å². The van der Waals surface area contributed by atoms with Gasteiger partial charge in [-0.3, -0.25) is 0 Å². The average Bonchev–Trinajstić information content (AvgIpc) is 2.76. The van der Waals surface area contributed by atoms with Crippen molar-refractivity contribution in [3.8, 4) is 0 Å². The van der Waals surface area contributed by atoms with Crippen LogP contribution in [0.2, 0.25) is 0 Å². The van der Waals surface area contributed by atoms with Gasteiger partial charge in [0.15, 0.2) is 0 Å². The van der Waals surface area contributed by atoms with Crippen molar-refractivity contribution >= 4 is 11.6 Å². The zero-order chi connectivity index (χ0) is 12.3. The predicted octanol–water partition coefficient (Wildman–Crippen LogP) is 1.04. The highest BCUT2D eigenvalue weighted by atomic mass is 16.3. The van der Waals surface area contributed by atoms with Crippen LogP contribution in [-0.4, -0.2) is 41.3 Å². The minimum absolute atomic E-state index is 0.225. The fraction of sp³-hybridized carbons (Fsp3) is 0.667. The molecule has 5 heteroatoms. The summed E-state index contributed by atoms with van der Waals surface area (Å²) < 4.78 is 0. The van der Waals surface area contributed by atoms with E-state index in [4.69, 9.17) is 0 Å². The van der Waals surface area contributed by atoms with Crippen LogP contribution < -0.4 is 10.2 Å². The molecule has 1 saturated heterocycles. The molecule has 1 aromatic rings. The normalized spacial score (nSPS) is 19.7. The number of rotatable bonds is 4. The lowest BCUT2D eigenvalue weighted by Crippen LogP contribution is -2.24. The Morgan fingerprint density at radius 1 is 1.53 bits per heavy atom. The molecule has 1 fully saturated rings. The Hall–Kier alpha value is -1.36. The van der Waals surface area contributed by atoms with E-state index < -0.39 is 0 Å². The molecule has 2 rings (SSSR count). The summed E-state index contributed by atoms with van der Waals surface area (Å²) in [7, 11) is 1.88. The molecule has 0 aromatic carbocycles. The van der Waals surface area contributed by atoms with Crippen LogP contribution >= 0.6 is 0 Å². The van der Waals surface area contributed by atoms with Crippen LogP contribution in [0.5, 0.6) is 0 Å². The van der Waals surface area contributed by atoms with Crippen LogP contribution in [0.4, 0.5) is 11.6 Å². The van der Waals surface area contributed by atoms with E-state index in [1.54, 1.807) is 6.33 Å². The molecule has 1 aliphatic rings.